The lowest BCUT2D eigenvalue weighted by molar-refractivity contribution is -0.121. The fourth-order valence-electron chi connectivity index (χ4n) is 6.48. The van der Waals surface area contributed by atoms with Crippen LogP contribution in [0.3, 0.4) is 0 Å². The van der Waals surface area contributed by atoms with Crippen LogP contribution in [0.5, 0.6) is 0 Å². The molecule has 0 fully saturated rings. The van der Waals surface area contributed by atoms with Crippen LogP contribution in [0.25, 0.3) is 0 Å². The molecular formula is C37H73N3O. The second-order valence-electron chi connectivity index (χ2n) is 13.2. The summed E-state index contributed by atoms with van der Waals surface area (Å²) >= 11 is 0. The van der Waals surface area contributed by atoms with Gasteiger partial charge in [-0.3, -0.25) is 9.79 Å². The van der Waals surface area contributed by atoms with E-state index in [9.17, 15) is 4.79 Å². The van der Waals surface area contributed by atoms with Crippen molar-refractivity contribution in [1.29, 1.82) is 0 Å². The monoisotopic (exact) mass is 576 g/mol. The van der Waals surface area contributed by atoms with Gasteiger partial charge in [0.15, 0.2) is 0 Å². The van der Waals surface area contributed by atoms with E-state index in [1.807, 2.05) is 0 Å². The van der Waals surface area contributed by atoms with Crippen molar-refractivity contribution in [2.24, 2.45) is 10.4 Å². The van der Waals surface area contributed by atoms with E-state index < -0.39 is 0 Å². The highest BCUT2D eigenvalue weighted by molar-refractivity contribution is 5.90. The molecular weight excluding hydrogens is 502 g/mol. The normalized spacial score (nSPS) is 14.6. The molecule has 0 saturated carbocycles. The SMILES string of the molecule is CCCCCCCCCCCCCCCCCC(=O)NCC(CC)(CCCCCCCCCCCC)C1=NCCN1. The van der Waals surface area contributed by atoms with E-state index in [1.165, 1.54) is 154 Å². The van der Waals surface area contributed by atoms with Crippen molar-refractivity contribution in [3.05, 3.63) is 0 Å². The molecule has 1 rings (SSSR count). The molecule has 0 aliphatic carbocycles. The van der Waals surface area contributed by atoms with E-state index in [0.29, 0.717) is 6.42 Å². The lowest BCUT2D eigenvalue weighted by Crippen LogP contribution is -2.47. The van der Waals surface area contributed by atoms with Gasteiger partial charge in [-0.05, 0) is 19.3 Å². The van der Waals surface area contributed by atoms with Gasteiger partial charge < -0.3 is 10.6 Å². The third-order valence-electron chi connectivity index (χ3n) is 9.49. The Balaban J connectivity index is 2.12. The highest BCUT2D eigenvalue weighted by Gasteiger charge is 2.35. The van der Waals surface area contributed by atoms with Gasteiger partial charge in [0.05, 0.1) is 6.54 Å². The molecule has 0 radical (unpaired) electrons. The Kier molecular flexibility index (Phi) is 25.7. The average Bonchev–Trinajstić information content (AvgIpc) is 3.53. The maximum atomic E-state index is 12.7. The number of carbonyl (C=O) groups is 1. The van der Waals surface area contributed by atoms with Crippen LogP contribution in [0, 0.1) is 5.41 Å². The van der Waals surface area contributed by atoms with Gasteiger partial charge in [-0.2, -0.15) is 0 Å². The van der Waals surface area contributed by atoms with Crippen molar-refractivity contribution in [3.63, 3.8) is 0 Å². The number of nitrogens with zero attached hydrogens (tertiary/aromatic N) is 1. The van der Waals surface area contributed by atoms with Crippen LogP contribution in [-0.2, 0) is 4.79 Å². The Morgan fingerprint density at radius 1 is 0.634 bits per heavy atom. The minimum atomic E-state index is -0.0125. The lowest BCUT2D eigenvalue weighted by Gasteiger charge is -2.33. The molecule has 41 heavy (non-hydrogen) atoms. The standard InChI is InChI=1S/C37H73N3O/c1-4-7-9-11-13-15-17-18-19-20-21-22-24-26-28-30-35(41)40-34-37(6-3,36-38-32-33-39-36)31-29-27-25-23-16-14-12-10-8-5-2/h4-34H2,1-3H3,(H,38,39)(H,40,41). The Labute approximate surface area is 257 Å². The molecule has 0 saturated heterocycles. The summed E-state index contributed by atoms with van der Waals surface area (Å²) in [5.41, 5.74) is -0.0125. The van der Waals surface area contributed by atoms with Gasteiger partial charge in [-0.25, -0.2) is 0 Å². The molecule has 242 valence electrons. The molecule has 2 N–H and O–H groups in total. The van der Waals surface area contributed by atoms with E-state index >= 15 is 0 Å². The summed E-state index contributed by atoms with van der Waals surface area (Å²) in [5.74, 6) is 1.39. The zero-order valence-corrected chi connectivity index (χ0v) is 28.3. The van der Waals surface area contributed by atoms with Crippen molar-refractivity contribution in [2.75, 3.05) is 19.6 Å². The van der Waals surface area contributed by atoms with Gasteiger partial charge in [0.25, 0.3) is 0 Å². The molecule has 0 aromatic heterocycles. The minimum Gasteiger partial charge on any atom is -0.371 e. The number of nitrogens with one attached hydrogen (secondary N) is 2. The highest BCUT2D eigenvalue weighted by Crippen LogP contribution is 2.31. The molecule has 0 bridgehead atoms. The van der Waals surface area contributed by atoms with Gasteiger partial charge in [-0.15, -0.1) is 0 Å². The van der Waals surface area contributed by atoms with Crippen LogP contribution in [0.15, 0.2) is 4.99 Å². The molecule has 4 heteroatoms. The highest BCUT2D eigenvalue weighted by atomic mass is 16.1. The zero-order chi connectivity index (χ0) is 29.7. The Morgan fingerprint density at radius 2 is 1.05 bits per heavy atom. The van der Waals surface area contributed by atoms with Crippen LogP contribution in [-0.4, -0.2) is 31.4 Å². The molecule has 1 heterocycles. The van der Waals surface area contributed by atoms with Gasteiger partial charge in [-0.1, -0.05) is 175 Å². The van der Waals surface area contributed by atoms with Crippen LogP contribution in [0.2, 0.25) is 0 Å². The Bertz CT molecular complexity index is 619. The number of hydrogen-bond donors (Lipinski definition) is 2. The third-order valence-corrected chi connectivity index (χ3v) is 9.49. The number of amides is 1. The molecule has 0 aromatic rings. The largest absolute Gasteiger partial charge is 0.371 e. The summed E-state index contributed by atoms with van der Waals surface area (Å²) in [6.45, 7) is 9.42. The first kappa shape index (κ1) is 38.0. The summed E-state index contributed by atoms with van der Waals surface area (Å²) in [6.07, 6.45) is 36.9. The van der Waals surface area contributed by atoms with Gasteiger partial charge in [0, 0.05) is 24.9 Å². The second-order valence-corrected chi connectivity index (χ2v) is 13.2. The van der Waals surface area contributed by atoms with E-state index in [4.69, 9.17) is 4.99 Å². The summed E-state index contributed by atoms with van der Waals surface area (Å²) in [4.78, 5) is 17.5. The van der Waals surface area contributed by atoms with Crippen LogP contribution < -0.4 is 10.6 Å². The van der Waals surface area contributed by atoms with E-state index in [-0.39, 0.29) is 11.3 Å². The van der Waals surface area contributed by atoms with Gasteiger partial charge in [0.1, 0.15) is 5.84 Å². The number of hydrogen-bond acceptors (Lipinski definition) is 3. The molecule has 4 nitrogen and oxygen atoms in total. The summed E-state index contributed by atoms with van der Waals surface area (Å²) < 4.78 is 0. The smallest absolute Gasteiger partial charge is 0.220 e. The molecule has 1 unspecified atom stereocenters. The van der Waals surface area contributed by atoms with E-state index in [2.05, 4.69) is 31.4 Å². The first-order valence-corrected chi connectivity index (χ1v) is 18.7. The van der Waals surface area contributed by atoms with E-state index in [1.54, 1.807) is 0 Å². The Hall–Kier alpha value is -1.06. The van der Waals surface area contributed by atoms with Crippen molar-refractivity contribution >= 4 is 11.7 Å². The number of rotatable bonds is 31. The fraction of sp³-hybridized carbons (Fsp3) is 0.946. The van der Waals surface area contributed by atoms with Gasteiger partial charge >= 0.3 is 0 Å². The predicted octanol–water partition coefficient (Wildman–Crippen LogP) is 11.1. The third kappa shape index (κ3) is 20.5. The van der Waals surface area contributed by atoms with Crippen LogP contribution in [0.4, 0.5) is 0 Å². The topological polar surface area (TPSA) is 53.5 Å². The molecule has 0 spiro atoms. The van der Waals surface area contributed by atoms with Crippen molar-refractivity contribution in [3.8, 4) is 0 Å². The van der Waals surface area contributed by atoms with Crippen LogP contribution in [0.1, 0.15) is 201 Å². The summed E-state index contributed by atoms with van der Waals surface area (Å²) in [5, 5.41) is 6.88. The lowest BCUT2D eigenvalue weighted by atomic mass is 9.78. The van der Waals surface area contributed by atoms with Crippen molar-refractivity contribution in [2.45, 2.75) is 201 Å². The molecule has 1 aliphatic rings. The minimum absolute atomic E-state index is 0.0125. The maximum absolute atomic E-state index is 12.7. The number of carbonyl (C=O) groups excluding carboxylic acids is 1. The first-order valence-electron chi connectivity index (χ1n) is 18.7. The van der Waals surface area contributed by atoms with Crippen molar-refractivity contribution < 1.29 is 4.79 Å². The molecule has 0 aromatic carbocycles. The molecule has 1 amide bonds. The van der Waals surface area contributed by atoms with Gasteiger partial charge in [0.2, 0.25) is 5.91 Å². The second kappa shape index (κ2) is 27.8. The number of amidine groups is 1. The summed E-state index contributed by atoms with van der Waals surface area (Å²) in [7, 11) is 0. The Morgan fingerprint density at radius 3 is 1.44 bits per heavy atom. The quantitative estimate of drug-likeness (QED) is 0.0808. The predicted molar refractivity (Wildman–Crippen MR) is 182 cm³/mol. The van der Waals surface area contributed by atoms with Crippen molar-refractivity contribution in [1.82, 2.24) is 10.6 Å². The summed E-state index contributed by atoms with van der Waals surface area (Å²) in [6, 6.07) is 0. The first-order chi connectivity index (χ1) is 20.2. The number of unbranched alkanes of at least 4 members (excludes halogenated alkanes) is 23. The molecule has 1 aliphatic heterocycles. The fourth-order valence-corrected chi connectivity index (χ4v) is 6.48. The number of aliphatic imine (C=N–C) groups is 1. The maximum Gasteiger partial charge on any atom is 0.220 e. The van der Waals surface area contributed by atoms with E-state index in [0.717, 1.165) is 44.7 Å². The molecule has 1 atom stereocenters. The average molecular weight is 576 g/mol. The zero-order valence-electron chi connectivity index (χ0n) is 28.3. The van der Waals surface area contributed by atoms with Crippen LogP contribution >= 0.6 is 0 Å².